The van der Waals surface area contributed by atoms with E-state index in [0.29, 0.717) is 12.0 Å². The first kappa shape index (κ1) is 12.2. The lowest BCUT2D eigenvalue weighted by Crippen LogP contribution is -2.38. The smallest absolute Gasteiger partial charge is 0.0596 e. The van der Waals surface area contributed by atoms with E-state index in [0.717, 1.165) is 39.0 Å². The zero-order valence-electron chi connectivity index (χ0n) is 10.8. The van der Waals surface area contributed by atoms with E-state index in [1.807, 2.05) is 0 Å². The van der Waals surface area contributed by atoms with Crippen LogP contribution in [0.2, 0.25) is 0 Å². The molecule has 98 valence electrons. The van der Waals surface area contributed by atoms with Crippen LogP contribution < -0.4 is 5.32 Å². The molecule has 3 heteroatoms. The molecule has 1 aromatic carbocycles. The van der Waals surface area contributed by atoms with Gasteiger partial charge in [0.1, 0.15) is 0 Å². The Morgan fingerprint density at radius 3 is 2.89 bits per heavy atom. The predicted octanol–water partition coefficient (Wildman–Crippen LogP) is 1.23. The average Bonchev–Trinajstić information content (AvgIpc) is 2.71. The Hall–Kier alpha value is -0.900. The van der Waals surface area contributed by atoms with E-state index in [1.165, 1.54) is 5.56 Å². The van der Waals surface area contributed by atoms with Gasteiger partial charge in [-0.25, -0.2) is 0 Å². The van der Waals surface area contributed by atoms with Crippen molar-refractivity contribution in [2.45, 2.75) is 31.5 Å². The first-order chi connectivity index (χ1) is 8.83. The Morgan fingerprint density at radius 2 is 2.06 bits per heavy atom. The highest BCUT2D eigenvalue weighted by atomic mass is 16.3. The molecule has 2 aliphatic rings. The maximum Gasteiger partial charge on any atom is 0.0596 e. The molecule has 0 aromatic heterocycles. The minimum atomic E-state index is -0.120. The molecule has 3 unspecified atom stereocenters. The Kier molecular flexibility index (Phi) is 3.64. The fourth-order valence-electron chi connectivity index (χ4n) is 3.30. The van der Waals surface area contributed by atoms with Gasteiger partial charge in [-0.1, -0.05) is 30.3 Å². The normalized spacial score (nSPS) is 33.1. The molecule has 3 nitrogen and oxygen atoms in total. The lowest BCUT2D eigenvalue weighted by molar-refractivity contribution is 0.0990. The van der Waals surface area contributed by atoms with Crippen LogP contribution in [0, 0.1) is 5.92 Å². The van der Waals surface area contributed by atoms with Crippen LogP contribution in [0.1, 0.15) is 18.4 Å². The molecule has 2 heterocycles. The maximum atomic E-state index is 10.2. The number of rotatable bonds is 2. The van der Waals surface area contributed by atoms with Crippen LogP contribution in [0.3, 0.4) is 0 Å². The average molecular weight is 246 g/mol. The van der Waals surface area contributed by atoms with E-state index in [4.69, 9.17) is 0 Å². The SMILES string of the molecule is OC1CCCNC2CN(Cc3ccccc3)CC12. The fraction of sp³-hybridized carbons (Fsp3) is 0.600. The Morgan fingerprint density at radius 1 is 1.22 bits per heavy atom. The maximum absolute atomic E-state index is 10.2. The van der Waals surface area contributed by atoms with Crippen molar-refractivity contribution in [3.8, 4) is 0 Å². The summed E-state index contributed by atoms with van der Waals surface area (Å²) >= 11 is 0. The number of hydrogen-bond donors (Lipinski definition) is 2. The minimum Gasteiger partial charge on any atom is -0.393 e. The Bertz CT molecular complexity index is 381. The first-order valence-electron chi connectivity index (χ1n) is 7.00. The second kappa shape index (κ2) is 5.39. The number of aliphatic hydroxyl groups is 1. The molecule has 0 aliphatic carbocycles. The summed E-state index contributed by atoms with van der Waals surface area (Å²) in [6, 6.07) is 11.1. The molecule has 2 fully saturated rings. The molecular formula is C15H22N2O. The van der Waals surface area contributed by atoms with E-state index in [1.54, 1.807) is 0 Å². The van der Waals surface area contributed by atoms with Crippen molar-refractivity contribution < 1.29 is 5.11 Å². The van der Waals surface area contributed by atoms with Gasteiger partial charge in [-0.05, 0) is 24.9 Å². The fourth-order valence-corrected chi connectivity index (χ4v) is 3.30. The van der Waals surface area contributed by atoms with Gasteiger partial charge in [0.05, 0.1) is 6.10 Å². The summed E-state index contributed by atoms with van der Waals surface area (Å²) in [7, 11) is 0. The highest BCUT2D eigenvalue weighted by Crippen LogP contribution is 2.26. The molecule has 0 saturated carbocycles. The Balaban J connectivity index is 1.64. The van der Waals surface area contributed by atoms with Gasteiger partial charge in [0.25, 0.3) is 0 Å². The van der Waals surface area contributed by atoms with Gasteiger partial charge in [0.15, 0.2) is 0 Å². The van der Waals surface area contributed by atoms with Crippen molar-refractivity contribution in [1.29, 1.82) is 0 Å². The van der Waals surface area contributed by atoms with Crippen LogP contribution in [0.5, 0.6) is 0 Å². The number of fused-ring (bicyclic) bond motifs is 1. The highest BCUT2D eigenvalue weighted by Gasteiger charge is 2.37. The lowest BCUT2D eigenvalue weighted by Gasteiger charge is -2.20. The summed E-state index contributed by atoms with van der Waals surface area (Å²) in [6.45, 7) is 4.14. The van der Waals surface area contributed by atoms with Crippen LogP contribution in [-0.2, 0) is 6.54 Å². The third-order valence-electron chi connectivity index (χ3n) is 4.27. The van der Waals surface area contributed by atoms with Gasteiger partial charge < -0.3 is 10.4 Å². The van der Waals surface area contributed by atoms with Crippen molar-refractivity contribution in [3.63, 3.8) is 0 Å². The quantitative estimate of drug-likeness (QED) is 0.824. The van der Waals surface area contributed by atoms with Crippen molar-refractivity contribution in [3.05, 3.63) is 35.9 Å². The zero-order valence-corrected chi connectivity index (χ0v) is 10.8. The molecule has 0 amide bonds. The van der Waals surface area contributed by atoms with Gasteiger partial charge in [-0.2, -0.15) is 0 Å². The molecular weight excluding hydrogens is 224 g/mol. The third kappa shape index (κ3) is 2.58. The second-order valence-electron chi connectivity index (χ2n) is 5.61. The summed E-state index contributed by atoms with van der Waals surface area (Å²) in [5.74, 6) is 0.413. The second-order valence-corrected chi connectivity index (χ2v) is 5.61. The molecule has 0 spiro atoms. The van der Waals surface area contributed by atoms with Crippen molar-refractivity contribution in [2.75, 3.05) is 19.6 Å². The van der Waals surface area contributed by atoms with E-state index in [9.17, 15) is 5.11 Å². The molecule has 0 radical (unpaired) electrons. The lowest BCUT2D eigenvalue weighted by atomic mass is 9.96. The summed E-state index contributed by atoms with van der Waals surface area (Å²) in [5.41, 5.74) is 1.36. The monoisotopic (exact) mass is 246 g/mol. The van der Waals surface area contributed by atoms with Gasteiger partial charge in [0, 0.05) is 31.6 Å². The van der Waals surface area contributed by atoms with Gasteiger partial charge in [-0.3, -0.25) is 4.90 Å². The van der Waals surface area contributed by atoms with Crippen LogP contribution in [0.4, 0.5) is 0 Å². The molecule has 0 bridgehead atoms. The zero-order chi connectivity index (χ0) is 12.4. The summed E-state index contributed by atoms with van der Waals surface area (Å²) in [5, 5.41) is 13.8. The van der Waals surface area contributed by atoms with Crippen molar-refractivity contribution in [2.24, 2.45) is 5.92 Å². The highest BCUT2D eigenvalue weighted by molar-refractivity contribution is 5.15. The largest absolute Gasteiger partial charge is 0.393 e. The standard InChI is InChI=1S/C15H22N2O/c18-15-7-4-8-16-14-11-17(10-13(14)15)9-12-5-2-1-3-6-12/h1-3,5-6,13-16,18H,4,7-11H2. The summed E-state index contributed by atoms with van der Waals surface area (Å²) in [6.07, 6.45) is 1.94. The first-order valence-corrected chi connectivity index (χ1v) is 7.00. The van der Waals surface area contributed by atoms with E-state index in [-0.39, 0.29) is 6.10 Å². The molecule has 1 aromatic rings. The number of benzene rings is 1. The van der Waals surface area contributed by atoms with Crippen LogP contribution in [0.25, 0.3) is 0 Å². The predicted molar refractivity (Wildman–Crippen MR) is 72.2 cm³/mol. The number of nitrogens with zero attached hydrogens (tertiary/aromatic N) is 1. The van der Waals surface area contributed by atoms with Crippen LogP contribution >= 0.6 is 0 Å². The van der Waals surface area contributed by atoms with E-state index in [2.05, 4.69) is 40.5 Å². The topological polar surface area (TPSA) is 35.5 Å². The Labute approximate surface area is 109 Å². The molecule has 18 heavy (non-hydrogen) atoms. The number of aliphatic hydroxyl groups excluding tert-OH is 1. The van der Waals surface area contributed by atoms with E-state index >= 15 is 0 Å². The van der Waals surface area contributed by atoms with Crippen LogP contribution in [0.15, 0.2) is 30.3 Å². The number of hydrogen-bond acceptors (Lipinski definition) is 3. The third-order valence-corrected chi connectivity index (χ3v) is 4.27. The van der Waals surface area contributed by atoms with Crippen LogP contribution in [-0.4, -0.2) is 41.8 Å². The van der Waals surface area contributed by atoms with Crippen molar-refractivity contribution in [1.82, 2.24) is 10.2 Å². The summed E-state index contributed by atoms with van der Waals surface area (Å²) in [4.78, 5) is 2.46. The summed E-state index contributed by atoms with van der Waals surface area (Å²) < 4.78 is 0. The molecule has 2 saturated heterocycles. The van der Waals surface area contributed by atoms with Gasteiger partial charge >= 0.3 is 0 Å². The molecule has 3 atom stereocenters. The van der Waals surface area contributed by atoms with Gasteiger partial charge in [0.2, 0.25) is 0 Å². The van der Waals surface area contributed by atoms with E-state index < -0.39 is 0 Å². The number of likely N-dealkylation sites (tertiary alicyclic amines) is 1. The molecule has 3 rings (SSSR count). The molecule has 2 N–H and O–H groups in total. The van der Waals surface area contributed by atoms with Crippen molar-refractivity contribution >= 4 is 0 Å². The number of nitrogens with one attached hydrogen (secondary N) is 1. The van der Waals surface area contributed by atoms with Gasteiger partial charge in [-0.15, -0.1) is 0 Å². The molecule has 2 aliphatic heterocycles. The minimum absolute atomic E-state index is 0.120.